The molecule has 0 N–H and O–H groups in total. The molecule has 0 aromatic heterocycles. The van der Waals surface area contributed by atoms with E-state index in [9.17, 15) is 9.59 Å². The highest BCUT2D eigenvalue weighted by molar-refractivity contribution is 5.86. The van der Waals surface area contributed by atoms with Crippen LogP contribution in [0.3, 0.4) is 0 Å². The Morgan fingerprint density at radius 3 is 2.40 bits per heavy atom. The quantitative estimate of drug-likeness (QED) is 0.505. The van der Waals surface area contributed by atoms with Crippen LogP contribution in [0.5, 0.6) is 0 Å². The molecule has 4 fully saturated rings. The second-order valence-corrected chi connectivity index (χ2v) is 12.1. The maximum Gasteiger partial charge on any atom is 0.305 e. The summed E-state index contributed by atoms with van der Waals surface area (Å²) in [6.45, 7) is 11.9. The molecule has 0 spiro atoms. The van der Waals surface area contributed by atoms with E-state index in [-0.39, 0.29) is 23.2 Å². The lowest BCUT2D eigenvalue weighted by atomic mass is 9.41. The van der Waals surface area contributed by atoms with Gasteiger partial charge >= 0.3 is 5.97 Å². The number of ketones is 1. The van der Waals surface area contributed by atoms with Crippen LogP contribution in [0.15, 0.2) is 0 Å². The van der Waals surface area contributed by atoms with Crippen LogP contribution in [0.2, 0.25) is 0 Å². The molecule has 0 radical (unpaired) electrons. The molecule has 4 aliphatic carbocycles. The Kier molecular flexibility index (Phi) is 5.90. The lowest BCUT2D eigenvalue weighted by Gasteiger charge is -2.62. The van der Waals surface area contributed by atoms with Crippen molar-refractivity contribution in [2.45, 2.75) is 92.4 Å². The molecule has 0 aliphatic heterocycles. The summed E-state index contributed by atoms with van der Waals surface area (Å²) >= 11 is 0. The Balaban J connectivity index is 1.64. The summed E-state index contributed by atoms with van der Waals surface area (Å²) in [6, 6.07) is 0. The van der Waals surface area contributed by atoms with Gasteiger partial charge in [0.05, 0.1) is 7.11 Å². The van der Waals surface area contributed by atoms with Crippen molar-refractivity contribution in [2.24, 2.45) is 58.2 Å². The summed E-state index contributed by atoms with van der Waals surface area (Å²) in [5.74, 6) is 4.40. The van der Waals surface area contributed by atoms with E-state index in [1.807, 2.05) is 0 Å². The van der Waals surface area contributed by atoms with Crippen LogP contribution in [0.1, 0.15) is 92.4 Å². The van der Waals surface area contributed by atoms with Crippen molar-refractivity contribution in [3.8, 4) is 0 Å². The van der Waals surface area contributed by atoms with Crippen molar-refractivity contribution in [1.82, 2.24) is 0 Å². The average Bonchev–Trinajstić information content (AvgIpc) is 3.06. The zero-order valence-electron chi connectivity index (χ0n) is 20.2. The summed E-state index contributed by atoms with van der Waals surface area (Å²) in [4.78, 5) is 26.0. The molecule has 3 nitrogen and oxygen atoms in total. The minimum Gasteiger partial charge on any atom is -0.469 e. The average molecular weight is 417 g/mol. The van der Waals surface area contributed by atoms with Gasteiger partial charge in [0.15, 0.2) is 0 Å². The summed E-state index contributed by atoms with van der Waals surface area (Å²) in [5.41, 5.74) is 0.552. The molecule has 0 saturated heterocycles. The fraction of sp³-hybridized carbons (Fsp3) is 0.926. The molecular weight excluding hydrogens is 372 g/mol. The van der Waals surface area contributed by atoms with Crippen molar-refractivity contribution >= 4 is 11.8 Å². The van der Waals surface area contributed by atoms with E-state index in [1.54, 1.807) is 0 Å². The molecule has 0 aromatic rings. The number of carbonyl (C=O) groups is 2. The molecule has 0 bridgehead atoms. The first-order valence-electron chi connectivity index (χ1n) is 12.8. The second-order valence-electron chi connectivity index (χ2n) is 12.1. The third kappa shape index (κ3) is 3.20. The van der Waals surface area contributed by atoms with E-state index in [1.165, 1.54) is 52.1 Å². The van der Waals surface area contributed by atoms with Gasteiger partial charge in [-0.3, -0.25) is 9.59 Å². The van der Waals surface area contributed by atoms with Gasteiger partial charge in [0.2, 0.25) is 0 Å². The third-order valence-electron chi connectivity index (χ3n) is 10.9. The minimum absolute atomic E-state index is 0.0882. The largest absolute Gasteiger partial charge is 0.469 e. The molecule has 4 saturated carbocycles. The third-order valence-corrected chi connectivity index (χ3v) is 10.9. The Bertz CT molecular complexity index is 686. The SMILES string of the molecule is CC[C@H]1C(=O)C2C3CC[C@H]([C@H](C)CC(=O)OC)[C@@]3(C)CCC2[C@@]2(C)CC[C@@H](C)C[C@@H]12. The minimum atomic E-state index is -0.0882. The molecule has 4 rings (SSSR count). The predicted octanol–water partition coefficient (Wildman–Crippen LogP) is 6.30. The molecule has 0 heterocycles. The standard InChI is InChI=1S/C27H44O3/c1-7-18-22-14-16(2)10-12-27(22,5)21-11-13-26(4)19(17(3)15-23(28)30-6)8-9-20(26)24(21)25(18)29/h16-22,24H,7-15H2,1-6H3/t16-,17-,18-,19-,20?,21?,22+,24?,26-,27-/m1/s1. The fourth-order valence-electron chi connectivity index (χ4n) is 9.32. The van der Waals surface area contributed by atoms with Gasteiger partial charge < -0.3 is 4.74 Å². The highest BCUT2D eigenvalue weighted by atomic mass is 16.5. The van der Waals surface area contributed by atoms with Crippen LogP contribution in [-0.4, -0.2) is 18.9 Å². The molecular formula is C27H44O3. The molecule has 0 aromatic carbocycles. The van der Waals surface area contributed by atoms with Crippen molar-refractivity contribution in [1.29, 1.82) is 0 Å². The molecule has 3 unspecified atom stereocenters. The van der Waals surface area contributed by atoms with Crippen LogP contribution in [0, 0.1) is 58.2 Å². The molecule has 10 atom stereocenters. The van der Waals surface area contributed by atoms with E-state index in [4.69, 9.17) is 4.74 Å². The van der Waals surface area contributed by atoms with Gasteiger partial charge in [-0.05, 0) is 91.3 Å². The number of ether oxygens (including phenoxy) is 1. The van der Waals surface area contributed by atoms with Gasteiger partial charge in [-0.1, -0.05) is 41.0 Å². The maximum absolute atomic E-state index is 14.0. The number of hydrogen-bond donors (Lipinski definition) is 0. The summed E-state index contributed by atoms with van der Waals surface area (Å²) in [7, 11) is 1.49. The summed E-state index contributed by atoms with van der Waals surface area (Å²) in [6.07, 6.45) is 10.2. The highest BCUT2D eigenvalue weighted by Crippen LogP contribution is 2.69. The highest BCUT2D eigenvalue weighted by Gasteiger charge is 2.64. The normalized spacial score (nSPS) is 49.0. The Labute approximate surface area is 184 Å². The van der Waals surface area contributed by atoms with Gasteiger partial charge in [-0.2, -0.15) is 0 Å². The zero-order chi connectivity index (χ0) is 21.8. The second kappa shape index (κ2) is 7.93. The molecule has 170 valence electrons. The summed E-state index contributed by atoms with van der Waals surface area (Å²) < 4.78 is 4.97. The first kappa shape index (κ1) is 22.3. The number of Topliss-reactive ketones (excluding diaryl/α,β-unsaturated/α-hetero) is 1. The number of rotatable bonds is 4. The van der Waals surface area contributed by atoms with Crippen LogP contribution < -0.4 is 0 Å². The molecule has 4 aliphatic rings. The molecule has 30 heavy (non-hydrogen) atoms. The van der Waals surface area contributed by atoms with Gasteiger partial charge in [-0.25, -0.2) is 0 Å². The van der Waals surface area contributed by atoms with Crippen LogP contribution in [0.4, 0.5) is 0 Å². The first-order valence-corrected chi connectivity index (χ1v) is 12.8. The van der Waals surface area contributed by atoms with Crippen molar-refractivity contribution < 1.29 is 14.3 Å². The van der Waals surface area contributed by atoms with E-state index < -0.39 is 0 Å². The number of hydrogen-bond acceptors (Lipinski definition) is 3. The number of methoxy groups -OCH3 is 1. The van der Waals surface area contributed by atoms with Gasteiger partial charge in [0, 0.05) is 18.3 Å². The zero-order valence-corrected chi connectivity index (χ0v) is 20.2. The summed E-state index contributed by atoms with van der Waals surface area (Å²) in [5, 5.41) is 0. The van der Waals surface area contributed by atoms with Crippen molar-refractivity contribution in [2.75, 3.05) is 7.11 Å². The smallest absolute Gasteiger partial charge is 0.305 e. The Morgan fingerprint density at radius 1 is 1.07 bits per heavy atom. The lowest BCUT2D eigenvalue weighted by Crippen LogP contribution is -2.60. The monoisotopic (exact) mass is 416 g/mol. The number of carbonyl (C=O) groups excluding carboxylic acids is 2. The van der Waals surface area contributed by atoms with Crippen molar-refractivity contribution in [3.05, 3.63) is 0 Å². The first-order chi connectivity index (χ1) is 14.2. The fourth-order valence-corrected chi connectivity index (χ4v) is 9.32. The van der Waals surface area contributed by atoms with E-state index in [2.05, 4.69) is 34.6 Å². The van der Waals surface area contributed by atoms with Crippen molar-refractivity contribution in [3.63, 3.8) is 0 Å². The van der Waals surface area contributed by atoms with Crippen LogP contribution in [0.25, 0.3) is 0 Å². The molecule has 3 heteroatoms. The van der Waals surface area contributed by atoms with Gasteiger partial charge in [0.25, 0.3) is 0 Å². The van der Waals surface area contributed by atoms with Gasteiger partial charge in [0.1, 0.15) is 5.78 Å². The Hall–Kier alpha value is -0.860. The topological polar surface area (TPSA) is 43.4 Å². The van der Waals surface area contributed by atoms with E-state index in [0.29, 0.717) is 47.2 Å². The molecule has 0 amide bonds. The van der Waals surface area contributed by atoms with Gasteiger partial charge in [-0.15, -0.1) is 0 Å². The number of fused-ring (bicyclic) bond motifs is 5. The van der Waals surface area contributed by atoms with Crippen LogP contribution in [-0.2, 0) is 14.3 Å². The lowest BCUT2D eigenvalue weighted by molar-refractivity contribution is -0.170. The Morgan fingerprint density at radius 2 is 1.73 bits per heavy atom. The van der Waals surface area contributed by atoms with E-state index in [0.717, 1.165) is 12.3 Å². The van der Waals surface area contributed by atoms with E-state index >= 15 is 0 Å². The van der Waals surface area contributed by atoms with Crippen LogP contribution >= 0.6 is 0 Å². The maximum atomic E-state index is 14.0. The predicted molar refractivity (Wildman–Crippen MR) is 120 cm³/mol. The number of esters is 1.